The molecule has 0 radical (unpaired) electrons. The molecule has 4 rings (SSSR count). The highest BCUT2D eigenvalue weighted by Crippen LogP contribution is 2.29. The molecular weight excluding hydrogens is 376 g/mol. The normalized spacial score (nSPS) is 19.1. The maximum Gasteiger partial charge on any atom is 0.267 e. The Morgan fingerprint density at radius 2 is 2.18 bits per heavy atom. The number of fused-ring (bicyclic) bond motifs is 1. The van der Waals surface area contributed by atoms with E-state index >= 15 is 0 Å². The van der Waals surface area contributed by atoms with Crippen LogP contribution in [0.3, 0.4) is 0 Å². The minimum Gasteiger partial charge on any atom is -0.369 e. The van der Waals surface area contributed by atoms with E-state index < -0.39 is 5.60 Å². The van der Waals surface area contributed by atoms with Gasteiger partial charge in [-0.15, -0.1) is 0 Å². The van der Waals surface area contributed by atoms with Crippen LogP contribution in [-0.2, 0) is 11.3 Å². The smallest absolute Gasteiger partial charge is 0.267 e. The van der Waals surface area contributed by atoms with Crippen LogP contribution in [0.15, 0.2) is 36.5 Å². The van der Waals surface area contributed by atoms with Gasteiger partial charge in [0.1, 0.15) is 5.15 Å². The SMILES string of the molecule is CCn1ncc2c(-c3cccc(C#C[C@]4(O)CCN(C)C4=O)c3)nc(Cl)cc21. The number of aliphatic hydroxyl groups is 1. The van der Waals surface area contributed by atoms with Crippen LogP contribution < -0.4 is 0 Å². The second kappa shape index (κ2) is 6.93. The molecule has 1 aliphatic rings. The second-order valence-corrected chi connectivity index (χ2v) is 7.24. The van der Waals surface area contributed by atoms with Gasteiger partial charge in [-0.1, -0.05) is 35.6 Å². The molecule has 0 unspecified atom stereocenters. The number of halogens is 1. The lowest BCUT2D eigenvalue weighted by molar-refractivity contribution is -0.137. The maximum atomic E-state index is 12.1. The molecular formula is C21H19ClN4O2. The number of likely N-dealkylation sites (N-methyl/N-ethyl adjacent to an activating group) is 1. The van der Waals surface area contributed by atoms with E-state index in [9.17, 15) is 9.90 Å². The highest BCUT2D eigenvalue weighted by molar-refractivity contribution is 6.30. The lowest BCUT2D eigenvalue weighted by Crippen LogP contribution is -2.37. The molecule has 1 saturated heterocycles. The average molecular weight is 395 g/mol. The molecule has 1 aromatic carbocycles. The van der Waals surface area contributed by atoms with E-state index in [1.54, 1.807) is 19.3 Å². The predicted molar refractivity (Wildman–Crippen MR) is 108 cm³/mol. The Hall–Kier alpha value is -2.88. The number of hydrogen-bond acceptors (Lipinski definition) is 4. The van der Waals surface area contributed by atoms with Crippen LogP contribution in [0, 0.1) is 11.8 Å². The Bertz CT molecular complexity index is 1140. The summed E-state index contributed by atoms with van der Waals surface area (Å²) in [6, 6.07) is 9.31. The van der Waals surface area contributed by atoms with Gasteiger partial charge in [0, 0.05) is 49.1 Å². The molecule has 3 aromatic rings. The molecule has 1 amide bonds. The third-order valence-corrected chi connectivity index (χ3v) is 5.16. The predicted octanol–water partition coefficient (Wildman–Crippen LogP) is 2.72. The Balaban J connectivity index is 1.75. The van der Waals surface area contributed by atoms with Crippen LogP contribution in [0.25, 0.3) is 22.2 Å². The van der Waals surface area contributed by atoms with Crippen molar-refractivity contribution in [1.29, 1.82) is 0 Å². The van der Waals surface area contributed by atoms with Crippen molar-refractivity contribution in [3.05, 3.63) is 47.2 Å². The van der Waals surface area contributed by atoms with E-state index in [2.05, 4.69) is 21.9 Å². The van der Waals surface area contributed by atoms with E-state index in [0.29, 0.717) is 23.7 Å². The summed E-state index contributed by atoms with van der Waals surface area (Å²) in [5, 5.41) is 16.2. The summed E-state index contributed by atoms with van der Waals surface area (Å²) in [5.41, 5.74) is 1.56. The number of rotatable bonds is 2. The number of amides is 1. The molecule has 2 aromatic heterocycles. The standard InChI is InChI=1S/C21H19ClN4O2/c1-3-26-17-12-18(22)24-19(16(17)13-23-26)15-6-4-5-14(11-15)7-8-21(28)9-10-25(2)20(21)27/h4-6,11-13,28H,3,9-10H2,1-2H3/t21-/m0/s1. The molecule has 3 heterocycles. The largest absolute Gasteiger partial charge is 0.369 e. The van der Waals surface area contributed by atoms with Gasteiger partial charge < -0.3 is 10.0 Å². The number of aromatic nitrogens is 3. The molecule has 0 aliphatic carbocycles. The molecule has 28 heavy (non-hydrogen) atoms. The van der Waals surface area contributed by atoms with Gasteiger partial charge in [0.2, 0.25) is 5.60 Å². The third kappa shape index (κ3) is 3.13. The van der Waals surface area contributed by atoms with Crippen molar-refractivity contribution in [3.63, 3.8) is 0 Å². The molecule has 0 bridgehead atoms. The first-order valence-corrected chi connectivity index (χ1v) is 9.43. The van der Waals surface area contributed by atoms with E-state index in [1.807, 2.05) is 35.9 Å². The summed E-state index contributed by atoms with van der Waals surface area (Å²) < 4.78 is 1.87. The van der Waals surface area contributed by atoms with Crippen LogP contribution in [0.4, 0.5) is 0 Å². The molecule has 1 aliphatic heterocycles. The zero-order valence-corrected chi connectivity index (χ0v) is 16.4. The van der Waals surface area contributed by atoms with Gasteiger partial charge in [-0.3, -0.25) is 9.48 Å². The van der Waals surface area contributed by atoms with Gasteiger partial charge >= 0.3 is 0 Å². The van der Waals surface area contributed by atoms with Gasteiger partial charge in [-0.25, -0.2) is 4.98 Å². The summed E-state index contributed by atoms with van der Waals surface area (Å²) in [6.45, 7) is 3.24. The third-order valence-electron chi connectivity index (χ3n) is 4.97. The van der Waals surface area contributed by atoms with Crippen molar-refractivity contribution in [3.8, 4) is 23.1 Å². The fourth-order valence-electron chi connectivity index (χ4n) is 3.40. The number of nitrogens with zero attached hydrogens (tertiary/aromatic N) is 4. The van der Waals surface area contributed by atoms with Crippen molar-refractivity contribution in [2.45, 2.75) is 25.5 Å². The van der Waals surface area contributed by atoms with Crippen molar-refractivity contribution in [2.75, 3.05) is 13.6 Å². The Morgan fingerprint density at radius 1 is 1.36 bits per heavy atom. The maximum absolute atomic E-state index is 12.1. The van der Waals surface area contributed by atoms with E-state index in [1.165, 1.54) is 4.90 Å². The van der Waals surface area contributed by atoms with E-state index in [4.69, 9.17) is 11.6 Å². The summed E-state index contributed by atoms with van der Waals surface area (Å²) in [6.07, 6.45) is 2.09. The Labute approximate surface area is 167 Å². The minimum atomic E-state index is -1.62. The summed E-state index contributed by atoms with van der Waals surface area (Å²) in [4.78, 5) is 18.1. The first kappa shape index (κ1) is 18.5. The Morgan fingerprint density at radius 3 is 2.89 bits per heavy atom. The number of benzene rings is 1. The molecule has 6 nitrogen and oxygen atoms in total. The first-order valence-electron chi connectivity index (χ1n) is 9.05. The zero-order chi connectivity index (χ0) is 19.9. The molecule has 0 saturated carbocycles. The molecule has 1 atom stereocenters. The van der Waals surface area contributed by atoms with E-state index in [-0.39, 0.29) is 5.91 Å². The number of aryl methyl sites for hydroxylation is 1. The first-order chi connectivity index (χ1) is 13.4. The highest BCUT2D eigenvalue weighted by atomic mass is 35.5. The quantitative estimate of drug-likeness (QED) is 0.536. The van der Waals surface area contributed by atoms with Gasteiger partial charge in [0.25, 0.3) is 5.91 Å². The Kier molecular flexibility index (Phi) is 4.58. The number of carbonyl (C=O) groups excluding carboxylic acids is 1. The number of pyridine rings is 1. The number of likely N-dealkylation sites (tertiary alicyclic amines) is 1. The minimum absolute atomic E-state index is 0.307. The average Bonchev–Trinajstić information content (AvgIpc) is 3.22. The van der Waals surface area contributed by atoms with Crippen molar-refractivity contribution in [1.82, 2.24) is 19.7 Å². The zero-order valence-electron chi connectivity index (χ0n) is 15.6. The summed E-state index contributed by atoms with van der Waals surface area (Å²) >= 11 is 6.24. The van der Waals surface area contributed by atoms with Crippen LogP contribution in [0.5, 0.6) is 0 Å². The summed E-state index contributed by atoms with van der Waals surface area (Å²) in [5.74, 6) is 5.32. The summed E-state index contributed by atoms with van der Waals surface area (Å²) in [7, 11) is 1.66. The fraction of sp³-hybridized carbons (Fsp3) is 0.286. The van der Waals surface area contributed by atoms with Crippen LogP contribution in [0.1, 0.15) is 18.9 Å². The van der Waals surface area contributed by atoms with Crippen molar-refractivity contribution < 1.29 is 9.90 Å². The van der Waals surface area contributed by atoms with E-state index in [0.717, 1.165) is 28.7 Å². The van der Waals surface area contributed by atoms with Gasteiger partial charge in [0.15, 0.2) is 0 Å². The molecule has 7 heteroatoms. The fourth-order valence-corrected chi connectivity index (χ4v) is 3.59. The second-order valence-electron chi connectivity index (χ2n) is 6.85. The van der Waals surface area contributed by atoms with Gasteiger partial charge in [-0.2, -0.15) is 5.10 Å². The topological polar surface area (TPSA) is 71.2 Å². The molecule has 1 fully saturated rings. The lowest BCUT2D eigenvalue weighted by atomic mass is 10.0. The highest BCUT2D eigenvalue weighted by Gasteiger charge is 2.42. The monoisotopic (exact) mass is 394 g/mol. The van der Waals surface area contributed by atoms with Crippen molar-refractivity contribution in [2.24, 2.45) is 0 Å². The molecule has 1 N–H and O–H groups in total. The molecule has 142 valence electrons. The number of hydrogen-bond donors (Lipinski definition) is 1. The van der Waals surface area contributed by atoms with Crippen LogP contribution in [-0.4, -0.2) is 49.9 Å². The van der Waals surface area contributed by atoms with Gasteiger partial charge in [-0.05, 0) is 19.1 Å². The van der Waals surface area contributed by atoms with Crippen molar-refractivity contribution >= 4 is 28.4 Å². The van der Waals surface area contributed by atoms with Gasteiger partial charge in [0.05, 0.1) is 17.4 Å². The lowest BCUT2D eigenvalue weighted by Gasteiger charge is -2.13. The molecule has 0 spiro atoms. The number of carbonyl (C=O) groups is 1. The van der Waals surface area contributed by atoms with Crippen LogP contribution >= 0.6 is 11.6 Å². The van der Waals surface area contributed by atoms with Crippen LogP contribution in [0.2, 0.25) is 5.15 Å².